The fraction of sp³-hybridized carbons (Fsp3) is 0.800. The number of nitriles is 2. The molecule has 1 spiro atoms. The molecule has 2 fully saturated rings. The largest absolute Gasteiger partial charge is 0.342 e. The second-order valence-electron chi connectivity index (χ2n) is 6.55. The number of nitrogens with zero attached hydrogens (tertiary/aromatic N) is 2. The molecule has 2 atom stereocenters. The van der Waals surface area contributed by atoms with Crippen molar-refractivity contribution < 1.29 is 14.5 Å². The van der Waals surface area contributed by atoms with Crippen LogP contribution in [0.2, 0.25) is 0 Å². The van der Waals surface area contributed by atoms with Gasteiger partial charge in [-0.15, -0.1) is 0 Å². The Labute approximate surface area is 124 Å². The van der Waals surface area contributed by atoms with Crippen LogP contribution in [0, 0.1) is 44.8 Å². The van der Waals surface area contributed by atoms with Crippen molar-refractivity contribution in [3.05, 3.63) is 0 Å². The van der Waals surface area contributed by atoms with Crippen molar-refractivity contribution in [1.82, 2.24) is 0 Å². The van der Waals surface area contributed by atoms with Gasteiger partial charge in [-0.05, 0) is 18.8 Å². The molecule has 6 nitrogen and oxygen atoms in total. The molecule has 2 aliphatic carbocycles. The zero-order chi connectivity index (χ0) is 15.5. The number of methoxy groups -OCH3 is 2. The Balaban J connectivity index is 2.21. The van der Waals surface area contributed by atoms with E-state index in [1.54, 1.807) is 0 Å². The van der Waals surface area contributed by atoms with Gasteiger partial charge in [0.25, 0.3) is 5.84 Å². The van der Waals surface area contributed by atoms with Crippen LogP contribution in [0.3, 0.4) is 0 Å². The number of ether oxygens (including phenoxy) is 2. The number of nitrogens with two attached hydrogens (primary N) is 1. The van der Waals surface area contributed by atoms with E-state index in [0.29, 0.717) is 11.8 Å². The molecule has 2 saturated carbocycles. The van der Waals surface area contributed by atoms with Crippen molar-refractivity contribution in [2.24, 2.45) is 27.9 Å². The number of amidine groups is 1. The van der Waals surface area contributed by atoms with Crippen LogP contribution in [0.1, 0.15) is 32.6 Å². The Morgan fingerprint density at radius 2 is 1.76 bits per heavy atom. The Bertz CT molecular complexity index is 590. The first-order chi connectivity index (χ1) is 9.97. The molecule has 6 heteroatoms. The third-order valence-electron chi connectivity index (χ3n) is 6.17. The van der Waals surface area contributed by atoms with Crippen LogP contribution >= 0.6 is 0 Å². The van der Waals surface area contributed by atoms with Gasteiger partial charge in [0, 0.05) is 19.6 Å². The maximum atomic E-state index is 9.99. The predicted molar refractivity (Wildman–Crippen MR) is 73.1 cm³/mol. The molecular formula is C15H21N4O2+. The van der Waals surface area contributed by atoms with Gasteiger partial charge >= 0.3 is 5.91 Å². The first-order valence-electron chi connectivity index (χ1n) is 7.31. The van der Waals surface area contributed by atoms with Crippen LogP contribution in [0.25, 0.3) is 0 Å². The molecule has 112 valence electrons. The van der Waals surface area contributed by atoms with Crippen LogP contribution in [-0.2, 0) is 9.47 Å². The maximum absolute atomic E-state index is 9.99. The van der Waals surface area contributed by atoms with Crippen LogP contribution in [0.4, 0.5) is 0 Å². The quantitative estimate of drug-likeness (QED) is 0.674. The SMILES string of the molecule is COC1(OC)[NH+]=C(N)[C@]2(C#N)C3(CCC(C)CC3)[C@]12C#N. The van der Waals surface area contributed by atoms with E-state index in [1.807, 2.05) is 0 Å². The molecule has 21 heavy (non-hydrogen) atoms. The lowest BCUT2D eigenvalue weighted by atomic mass is 9.73. The Morgan fingerprint density at radius 1 is 1.19 bits per heavy atom. The van der Waals surface area contributed by atoms with Crippen molar-refractivity contribution in [3.63, 3.8) is 0 Å². The highest BCUT2D eigenvalue weighted by atomic mass is 16.7. The lowest BCUT2D eigenvalue weighted by molar-refractivity contribution is -0.690. The van der Waals surface area contributed by atoms with E-state index in [9.17, 15) is 10.5 Å². The molecule has 3 rings (SSSR count). The summed E-state index contributed by atoms with van der Waals surface area (Å²) in [6.07, 6.45) is 3.57. The van der Waals surface area contributed by atoms with Crippen molar-refractivity contribution in [1.29, 1.82) is 10.5 Å². The zero-order valence-corrected chi connectivity index (χ0v) is 12.7. The molecule has 3 aliphatic rings. The third-order valence-corrected chi connectivity index (χ3v) is 6.17. The summed E-state index contributed by atoms with van der Waals surface area (Å²) in [6.45, 7) is 2.20. The van der Waals surface area contributed by atoms with Crippen LogP contribution in [0.5, 0.6) is 0 Å². The van der Waals surface area contributed by atoms with Gasteiger partial charge in [-0.2, -0.15) is 10.5 Å². The summed E-state index contributed by atoms with van der Waals surface area (Å²) in [7, 11) is 2.96. The zero-order valence-electron chi connectivity index (χ0n) is 12.7. The van der Waals surface area contributed by atoms with Gasteiger partial charge in [0.15, 0.2) is 10.8 Å². The van der Waals surface area contributed by atoms with E-state index < -0.39 is 22.2 Å². The normalized spacial score (nSPS) is 46.3. The summed E-state index contributed by atoms with van der Waals surface area (Å²) in [5, 5.41) is 19.9. The average Bonchev–Trinajstić information content (AvgIpc) is 2.94. The van der Waals surface area contributed by atoms with Gasteiger partial charge < -0.3 is 9.47 Å². The van der Waals surface area contributed by atoms with Gasteiger partial charge in [-0.25, -0.2) is 4.99 Å². The molecule has 0 amide bonds. The monoisotopic (exact) mass is 289 g/mol. The number of nitrogens with one attached hydrogen (secondary N) is 1. The van der Waals surface area contributed by atoms with Crippen molar-refractivity contribution in [2.45, 2.75) is 38.5 Å². The molecule has 0 unspecified atom stereocenters. The maximum Gasteiger partial charge on any atom is 0.342 e. The first-order valence-corrected chi connectivity index (χ1v) is 7.31. The third kappa shape index (κ3) is 1.08. The smallest absolute Gasteiger partial charge is 0.317 e. The molecule has 3 N–H and O–H groups in total. The number of rotatable bonds is 2. The number of fused-ring (bicyclic) bond motifs is 3. The topological polar surface area (TPSA) is 106 Å². The molecule has 0 aromatic carbocycles. The highest BCUT2D eigenvalue weighted by Gasteiger charge is 3.03. The fourth-order valence-corrected chi connectivity index (χ4v) is 5.09. The van der Waals surface area contributed by atoms with E-state index in [2.05, 4.69) is 24.1 Å². The van der Waals surface area contributed by atoms with E-state index >= 15 is 0 Å². The van der Waals surface area contributed by atoms with Crippen molar-refractivity contribution in [3.8, 4) is 12.1 Å². The Hall–Kier alpha value is -1.63. The van der Waals surface area contributed by atoms with Gasteiger partial charge in [0.05, 0.1) is 12.1 Å². The highest BCUT2D eigenvalue weighted by molar-refractivity contribution is 5.95. The van der Waals surface area contributed by atoms with Gasteiger partial charge in [0.1, 0.15) is 0 Å². The molecule has 0 saturated heterocycles. The van der Waals surface area contributed by atoms with Gasteiger partial charge in [0.2, 0.25) is 0 Å². The molecule has 1 aliphatic heterocycles. The summed E-state index contributed by atoms with van der Waals surface area (Å²) in [4.78, 5) is 2.94. The Kier molecular flexibility index (Phi) is 2.71. The Morgan fingerprint density at radius 3 is 2.19 bits per heavy atom. The highest BCUT2D eigenvalue weighted by Crippen LogP contribution is 2.86. The summed E-state index contributed by atoms with van der Waals surface area (Å²) in [6, 6.07) is 4.72. The molecule has 0 aromatic rings. The van der Waals surface area contributed by atoms with Crippen molar-refractivity contribution >= 4 is 5.84 Å². The molecule has 0 radical (unpaired) electrons. The second-order valence-corrected chi connectivity index (χ2v) is 6.55. The molecule has 0 bridgehead atoms. The standard InChI is InChI=1S/C15H20N4O2/c1-10-4-6-12(7-5-10)13(8-16)11(18)19-15(20-2,21-3)14(12,13)9-17/h10H,4-7H2,1-3H3,(H2,18,19)/p+1/t10?,12?,13-,14+/m1/s1. The molecule has 1 heterocycles. The minimum atomic E-state index is -1.35. The lowest BCUT2D eigenvalue weighted by Crippen LogP contribution is -2.91. The first kappa shape index (κ1) is 14.3. The average molecular weight is 289 g/mol. The fourth-order valence-electron chi connectivity index (χ4n) is 5.09. The van der Waals surface area contributed by atoms with Crippen molar-refractivity contribution in [2.75, 3.05) is 14.2 Å². The number of hydrogen-bond acceptors (Lipinski definition) is 5. The molecular weight excluding hydrogens is 268 g/mol. The lowest BCUT2D eigenvalue weighted by Gasteiger charge is -2.35. The van der Waals surface area contributed by atoms with Crippen LogP contribution < -0.4 is 10.7 Å². The minimum absolute atomic E-state index is 0.310. The van der Waals surface area contributed by atoms with Crippen LogP contribution in [0.15, 0.2) is 0 Å². The minimum Gasteiger partial charge on any atom is -0.317 e. The van der Waals surface area contributed by atoms with E-state index in [4.69, 9.17) is 15.2 Å². The second kappa shape index (κ2) is 3.97. The summed E-state index contributed by atoms with van der Waals surface area (Å²) >= 11 is 0. The van der Waals surface area contributed by atoms with E-state index in [-0.39, 0.29) is 0 Å². The predicted octanol–water partition coefficient (Wildman–Crippen LogP) is -0.386. The van der Waals surface area contributed by atoms with Crippen LogP contribution in [-0.4, -0.2) is 26.0 Å². The van der Waals surface area contributed by atoms with E-state index in [1.165, 1.54) is 14.2 Å². The number of hydrogen-bond donors (Lipinski definition) is 2. The summed E-state index contributed by atoms with van der Waals surface area (Å²) in [5.74, 6) is -0.427. The van der Waals surface area contributed by atoms with Gasteiger partial charge in [-0.1, -0.05) is 19.8 Å². The summed E-state index contributed by atoms with van der Waals surface area (Å²) < 4.78 is 11.1. The molecule has 0 aromatic heterocycles. The van der Waals surface area contributed by atoms with E-state index in [0.717, 1.165) is 25.7 Å². The summed E-state index contributed by atoms with van der Waals surface area (Å²) in [5.41, 5.74) is 3.58. The van der Waals surface area contributed by atoms with Gasteiger partial charge in [-0.3, -0.25) is 5.73 Å².